The van der Waals surface area contributed by atoms with Gasteiger partial charge in [0.15, 0.2) is 0 Å². The van der Waals surface area contributed by atoms with Gasteiger partial charge < -0.3 is 10.6 Å². The van der Waals surface area contributed by atoms with Crippen molar-refractivity contribution in [3.05, 3.63) is 77.0 Å². The maximum Gasteiger partial charge on any atom is 0.416 e. The normalized spacial score (nSPS) is 12.0. The van der Waals surface area contributed by atoms with Crippen LogP contribution >= 0.6 is 0 Å². The van der Waals surface area contributed by atoms with Crippen molar-refractivity contribution in [2.45, 2.75) is 19.3 Å². The van der Waals surface area contributed by atoms with Gasteiger partial charge in [-0.15, -0.1) is 0 Å². The summed E-state index contributed by atoms with van der Waals surface area (Å²) in [5.41, 5.74) is 3.99. The number of carbonyl (C=O) groups is 1. The molecule has 0 saturated carbocycles. The molecule has 0 fully saturated rings. The fourth-order valence-electron chi connectivity index (χ4n) is 3.20. The van der Waals surface area contributed by atoms with Crippen molar-refractivity contribution < 1.29 is 31.1 Å². The molecule has 4 nitrogen and oxygen atoms in total. The molecule has 0 aliphatic carbocycles. The molecule has 3 rings (SSSR count). The highest BCUT2D eigenvalue weighted by Crippen LogP contribution is 2.38. The van der Waals surface area contributed by atoms with Crippen LogP contribution in [0.3, 0.4) is 0 Å². The summed E-state index contributed by atoms with van der Waals surface area (Å²) in [4.78, 5) is 17.9. The molecule has 0 unspecified atom stereocenters. The second kappa shape index (κ2) is 8.18. The van der Waals surface area contributed by atoms with Crippen molar-refractivity contribution in [3.63, 3.8) is 0 Å². The van der Waals surface area contributed by atoms with Gasteiger partial charge in [-0.05, 0) is 42.3 Å². The van der Waals surface area contributed by atoms with E-state index in [1.165, 1.54) is 19.3 Å². The maximum absolute atomic E-state index is 13.2. The van der Waals surface area contributed by atoms with Crippen molar-refractivity contribution in [2.75, 3.05) is 17.7 Å². The Hall–Kier alpha value is -3.56. The number of amides is 1. The molecule has 3 aromatic rings. The molecule has 1 aromatic heterocycles. The van der Waals surface area contributed by atoms with Crippen LogP contribution in [0, 0.1) is 6.92 Å². The molecule has 10 heteroatoms. The molecule has 32 heavy (non-hydrogen) atoms. The molecule has 0 spiro atoms. The predicted octanol–water partition coefficient (Wildman–Crippen LogP) is 5.95. The van der Waals surface area contributed by atoms with Crippen molar-refractivity contribution in [2.24, 2.45) is 0 Å². The first-order chi connectivity index (χ1) is 14.8. The highest BCUT2D eigenvalue weighted by molar-refractivity contribution is 6.08. The molecule has 2 aromatic carbocycles. The zero-order valence-corrected chi connectivity index (χ0v) is 16.8. The van der Waals surface area contributed by atoms with E-state index in [0.717, 1.165) is 10.5 Å². The lowest BCUT2D eigenvalue weighted by Crippen LogP contribution is -2.28. The number of aromatic nitrogens is 1. The maximum atomic E-state index is 13.2. The van der Waals surface area contributed by atoms with Gasteiger partial charge in [0.25, 0.3) is 5.91 Å². The Kier molecular flexibility index (Phi) is 5.90. The second-order valence-electron chi connectivity index (χ2n) is 7.10. The van der Waals surface area contributed by atoms with E-state index >= 15 is 0 Å². The fourth-order valence-corrected chi connectivity index (χ4v) is 3.20. The average Bonchev–Trinajstić information content (AvgIpc) is 2.71. The molecule has 0 radical (unpaired) electrons. The summed E-state index contributed by atoms with van der Waals surface area (Å²) in [5.74, 6) is -0.936. The number of benzene rings is 2. The number of carbonyl (C=O) groups excluding carboxylic acids is 1. The van der Waals surface area contributed by atoms with Gasteiger partial charge in [0.1, 0.15) is 5.82 Å². The number of nitrogens with two attached hydrogens (primary N) is 1. The number of hydrogen-bond acceptors (Lipinski definition) is 3. The van der Waals surface area contributed by atoms with Crippen molar-refractivity contribution in [1.29, 1.82) is 0 Å². The molecule has 0 saturated heterocycles. The molecular weight excluding hydrogens is 436 g/mol. The van der Waals surface area contributed by atoms with Crippen LogP contribution in [0.4, 0.5) is 37.8 Å². The molecule has 1 amide bonds. The van der Waals surface area contributed by atoms with Crippen LogP contribution in [-0.2, 0) is 12.4 Å². The lowest BCUT2D eigenvalue weighted by Gasteiger charge is -2.23. The van der Waals surface area contributed by atoms with E-state index in [4.69, 9.17) is 5.73 Å². The van der Waals surface area contributed by atoms with Crippen LogP contribution in [0.1, 0.15) is 27.0 Å². The third-order valence-electron chi connectivity index (χ3n) is 4.84. The first kappa shape index (κ1) is 23.1. The van der Waals surface area contributed by atoms with Gasteiger partial charge in [0, 0.05) is 18.2 Å². The Morgan fingerprint density at radius 1 is 0.906 bits per heavy atom. The minimum Gasteiger partial charge on any atom is -0.384 e. The monoisotopic (exact) mass is 453 g/mol. The Morgan fingerprint density at radius 2 is 1.47 bits per heavy atom. The molecule has 0 aliphatic heterocycles. The summed E-state index contributed by atoms with van der Waals surface area (Å²) in [6.45, 7) is 1.81. The number of nitrogens with zero attached hydrogens (tertiary/aromatic N) is 2. The standard InChI is InChI=1S/C22H17F6N3O/c1-12-5-3-4-6-16(12)17-10-19(29)30-11-18(17)31(2)20(32)13-7-14(21(23,24)25)9-15(8-13)22(26,27)28/h3-11H,1-2H3,(H2,29,30). The number of pyridine rings is 1. The number of hydrogen-bond donors (Lipinski definition) is 1. The summed E-state index contributed by atoms with van der Waals surface area (Å²) >= 11 is 0. The minimum atomic E-state index is -5.07. The predicted molar refractivity (Wildman–Crippen MR) is 108 cm³/mol. The highest BCUT2D eigenvalue weighted by Gasteiger charge is 2.38. The fraction of sp³-hybridized carbons (Fsp3) is 0.182. The van der Waals surface area contributed by atoms with Crippen LogP contribution in [0.25, 0.3) is 11.1 Å². The van der Waals surface area contributed by atoms with Gasteiger partial charge in [-0.25, -0.2) is 4.98 Å². The number of rotatable bonds is 3. The minimum absolute atomic E-state index is 0.0275. The summed E-state index contributed by atoms with van der Waals surface area (Å²) < 4.78 is 79.1. The Balaban J connectivity index is 2.13. The van der Waals surface area contributed by atoms with Crippen LogP contribution in [0.2, 0.25) is 0 Å². The average molecular weight is 453 g/mol. The SMILES string of the molecule is Cc1ccccc1-c1cc(N)ncc1N(C)C(=O)c1cc(C(F)(F)F)cc(C(F)(F)F)c1. The molecule has 0 atom stereocenters. The van der Waals surface area contributed by atoms with Crippen molar-refractivity contribution in [3.8, 4) is 11.1 Å². The van der Waals surface area contributed by atoms with E-state index in [9.17, 15) is 31.1 Å². The third kappa shape index (κ3) is 4.68. The van der Waals surface area contributed by atoms with Gasteiger partial charge in [-0.1, -0.05) is 24.3 Å². The molecule has 0 aliphatic rings. The van der Waals surface area contributed by atoms with Crippen molar-refractivity contribution in [1.82, 2.24) is 4.98 Å². The zero-order chi connectivity index (χ0) is 23.8. The number of alkyl halides is 6. The number of nitrogen functional groups attached to an aromatic ring is 1. The Morgan fingerprint density at radius 3 is 2.00 bits per heavy atom. The second-order valence-corrected chi connectivity index (χ2v) is 7.10. The largest absolute Gasteiger partial charge is 0.416 e. The van der Waals surface area contributed by atoms with Gasteiger partial charge in [-0.3, -0.25) is 4.79 Å². The highest BCUT2D eigenvalue weighted by atomic mass is 19.4. The van der Waals surface area contributed by atoms with Crippen LogP contribution in [-0.4, -0.2) is 17.9 Å². The van der Waals surface area contributed by atoms with Gasteiger partial charge in [0.2, 0.25) is 0 Å². The smallest absolute Gasteiger partial charge is 0.384 e. The quantitative estimate of drug-likeness (QED) is 0.499. The molecule has 0 bridgehead atoms. The van der Waals surface area contributed by atoms with E-state index in [-0.39, 0.29) is 17.6 Å². The summed E-state index contributed by atoms with van der Waals surface area (Å²) in [5, 5.41) is 0. The zero-order valence-electron chi connectivity index (χ0n) is 16.8. The van der Waals surface area contributed by atoms with E-state index < -0.39 is 35.0 Å². The first-order valence-corrected chi connectivity index (χ1v) is 9.18. The Bertz CT molecular complexity index is 1140. The van der Waals surface area contributed by atoms with Gasteiger partial charge >= 0.3 is 12.4 Å². The number of aryl methyl sites for hydroxylation is 1. The Labute approximate surface area is 179 Å². The summed E-state index contributed by atoms with van der Waals surface area (Å²) in [6, 6.07) is 9.33. The van der Waals surface area contributed by atoms with Crippen molar-refractivity contribution >= 4 is 17.4 Å². The molecule has 168 valence electrons. The number of anilines is 2. The lowest BCUT2D eigenvalue weighted by atomic mass is 9.99. The van der Waals surface area contributed by atoms with E-state index in [0.29, 0.717) is 23.3 Å². The lowest BCUT2D eigenvalue weighted by molar-refractivity contribution is -0.143. The first-order valence-electron chi connectivity index (χ1n) is 9.18. The van der Waals surface area contributed by atoms with Crippen LogP contribution < -0.4 is 10.6 Å². The van der Waals surface area contributed by atoms with Gasteiger partial charge in [-0.2, -0.15) is 26.3 Å². The van der Waals surface area contributed by atoms with E-state index in [2.05, 4.69) is 4.98 Å². The topological polar surface area (TPSA) is 59.2 Å². The summed E-state index contributed by atoms with van der Waals surface area (Å²) in [6.07, 6.45) is -8.89. The summed E-state index contributed by atoms with van der Waals surface area (Å²) in [7, 11) is 1.24. The third-order valence-corrected chi connectivity index (χ3v) is 4.84. The van der Waals surface area contributed by atoms with Crippen LogP contribution in [0.15, 0.2) is 54.7 Å². The molecule has 2 N–H and O–H groups in total. The molecule has 1 heterocycles. The number of halogens is 6. The molecular formula is C22H17F6N3O. The van der Waals surface area contributed by atoms with E-state index in [1.807, 2.05) is 0 Å². The van der Waals surface area contributed by atoms with E-state index in [1.54, 1.807) is 31.2 Å². The van der Waals surface area contributed by atoms with Crippen LogP contribution in [0.5, 0.6) is 0 Å². The van der Waals surface area contributed by atoms with Gasteiger partial charge in [0.05, 0.1) is 23.0 Å².